The summed E-state index contributed by atoms with van der Waals surface area (Å²) in [5, 5.41) is 8.74. The first-order valence-corrected chi connectivity index (χ1v) is 12.9. The zero-order valence-corrected chi connectivity index (χ0v) is 22.4. The Hall–Kier alpha value is -4.55. The molecule has 0 atom stereocenters. The van der Waals surface area contributed by atoms with E-state index in [9.17, 15) is 4.79 Å². The van der Waals surface area contributed by atoms with Gasteiger partial charge in [0.05, 0.1) is 30.5 Å². The number of hydrazone groups is 1. The molecule has 5 aromatic rings. The van der Waals surface area contributed by atoms with E-state index < -0.39 is 0 Å². The van der Waals surface area contributed by atoms with E-state index in [-0.39, 0.29) is 5.91 Å². The van der Waals surface area contributed by atoms with E-state index in [0.29, 0.717) is 46.6 Å². The summed E-state index contributed by atoms with van der Waals surface area (Å²) in [6, 6.07) is 29.2. The minimum Gasteiger partial charge on any atom is -0.496 e. The highest BCUT2D eigenvalue weighted by atomic mass is 35.5. The molecule has 7 heteroatoms. The summed E-state index contributed by atoms with van der Waals surface area (Å²) in [4.78, 5) is 12.9. The van der Waals surface area contributed by atoms with E-state index in [1.807, 2.05) is 55.5 Å². The fraction of sp³-hybridized carbons (Fsp3) is 0.125. The van der Waals surface area contributed by atoms with Gasteiger partial charge in [-0.25, -0.2) is 5.43 Å². The molecule has 5 aromatic carbocycles. The topological polar surface area (TPSA) is 69.2 Å². The van der Waals surface area contributed by atoms with Crippen LogP contribution in [0.2, 0.25) is 5.02 Å². The molecule has 196 valence electrons. The maximum absolute atomic E-state index is 12.9. The monoisotopic (exact) mass is 538 g/mol. The van der Waals surface area contributed by atoms with Crippen molar-refractivity contribution in [3.8, 4) is 17.2 Å². The lowest BCUT2D eigenvalue weighted by molar-refractivity contribution is 0.0952. The molecule has 0 spiro atoms. The maximum Gasteiger partial charge on any atom is 0.275 e. The van der Waals surface area contributed by atoms with Crippen LogP contribution < -0.4 is 19.6 Å². The second kappa shape index (κ2) is 11.9. The summed E-state index contributed by atoms with van der Waals surface area (Å²) in [5.74, 6) is 1.03. The zero-order chi connectivity index (χ0) is 27.2. The van der Waals surface area contributed by atoms with E-state index in [4.69, 9.17) is 25.8 Å². The first-order valence-electron chi connectivity index (χ1n) is 12.5. The Morgan fingerprint density at radius 1 is 0.846 bits per heavy atom. The number of rotatable bonds is 9. The van der Waals surface area contributed by atoms with Crippen molar-refractivity contribution < 1.29 is 19.0 Å². The lowest BCUT2D eigenvalue weighted by Crippen LogP contribution is -2.18. The van der Waals surface area contributed by atoms with Crippen LogP contribution in [0.3, 0.4) is 0 Å². The number of carbonyl (C=O) groups excluding carboxylic acids is 1. The summed E-state index contributed by atoms with van der Waals surface area (Å²) < 4.78 is 17.3. The van der Waals surface area contributed by atoms with Gasteiger partial charge < -0.3 is 14.2 Å². The van der Waals surface area contributed by atoms with Gasteiger partial charge in [0.1, 0.15) is 12.4 Å². The molecule has 1 N–H and O–H groups in total. The van der Waals surface area contributed by atoms with E-state index >= 15 is 0 Å². The number of carbonyl (C=O) groups is 1. The molecule has 1 amide bonds. The van der Waals surface area contributed by atoms with Crippen LogP contribution in [0.15, 0.2) is 96.1 Å². The molecule has 0 heterocycles. The van der Waals surface area contributed by atoms with Gasteiger partial charge in [-0.1, -0.05) is 72.3 Å². The molecule has 5 rings (SSSR count). The van der Waals surface area contributed by atoms with Gasteiger partial charge in [0.15, 0.2) is 11.5 Å². The quantitative estimate of drug-likeness (QED) is 0.157. The predicted molar refractivity (Wildman–Crippen MR) is 156 cm³/mol. The van der Waals surface area contributed by atoms with Crippen molar-refractivity contribution in [2.45, 2.75) is 13.5 Å². The van der Waals surface area contributed by atoms with Gasteiger partial charge in [-0.05, 0) is 69.9 Å². The van der Waals surface area contributed by atoms with Gasteiger partial charge in [-0.15, -0.1) is 0 Å². The van der Waals surface area contributed by atoms with Crippen molar-refractivity contribution in [1.29, 1.82) is 0 Å². The van der Waals surface area contributed by atoms with Crippen LogP contribution in [0.1, 0.15) is 28.4 Å². The molecule has 0 aromatic heterocycles. The largest absolute Gasteiger partial charge is 0.496 e. The number of hydrogen-bond donors (Lipinski definition) is 1. The fourth-order valence-electron chi connectivity index (χ4n) is 4.34. The van der Waals surface area contributed by atoms with E-state index in [1.165, 1.54) is 18.7 Å². The van der Waals surface area contributed by atoms with Crippen LogP contribution >= 0.6 is 11.6 Å². The number of nitrogens with one attached hydrogen (secondary N) is 1. The Labute approximate surface area is 231 Å². The number of benzene rings is 5. The van der Waals surface area contributed by atoms with Crippen LogP contribution in [0.25, 0.3) is 21.5 Å². The Balaban J connectivity index is 1.31. The molecular weight excluding hydrogens is 512 g/mol. The van der Waals surface area contributed by atoms with Gasteiger partial charge >= 0.3 is 0 Å². The van der Waals surface area contributed by atoms with Crippen LogP contribution in [0.5, 0.6) is 17.2 Å². The van der Waals surface area contributed by atoms with Crippen molar-refractivity contribution >= 4 is 45.3 Å². The fourth-order valence-corrected chi connectivity index (χ4v) is 4.61. The number of methoxy groups -OCH3 is 1. The van der Waals surface area contributed by atoms with Crippen LogP contribution in [-0.2, 0) is 6.61 Å². The molecule has 0 saturated heterocycles. The lowest BCUT2D eigenvalue weighted by atomic mass is 10.1. The zero-order valence-electron chi connectivity index (χ0n) is 21.6. The molecule has 0 aliphatic heterocycles. The Kier molecular flexibility index (Phi) is 7.94. The molecule has 0 unspecified atom stereocenters. The molecule has 0 radical (unpaired) electrons. The molecule has 0 aliphatic carbocycles. The van der Waals surface area contributed by atoms with E-state index in [1.54, 1.807) is 18.2 Å². The highest BCUT2D eigenvalue weighted by molar-refractivity contribution is 6.32. The van der Waals surface area contributed by atoms with Crippen LogP contribution in [-0.4, -0.2) is 25.8 Å². The van der Waals surface area contributed by atoms with Crippen LogP contribution in [0.4, 0.5) is 0 Å². The van der Waals surface area contributed by atoms with Crippen LogP contribution in [0, 0.1) is 0 Å². The van der Waals surface area contributed by atoms with Gasteiger partial charge in [0.2, 0.25) is 0 Å². The summed E-state index contributed by atoms with van der Waals surface area (Å²) in [6.45, 7) is 2.66. The van der Waals surface area contributed by atoms with Crippen molar-refractivity contribution in [3.05, 3.63) is 113 Å². The van der Waals surface area contributed by atoms with Crippen molar-refractivity contribution in [2.24, 2.45) is 5.10 Å². The average Bonchev–Trinajstić information content (AvgIpc) is 2.96. The highest BCUT2D eigenvalue weighted by Crippen LogP contribution is 2.37. The maximum atomic E-state index is 12.9. The number of ether oxygens (including phenoxy) is 3. The first kappa shape index (κ1) is 26.1. The third-order valence-electron chi connectivity index (χ3n) is 6.22. The van der Waals surface area contributed by atoms with Gasteiger partial charge in [0.25, 0.3) is 5.91 Å². The standard InChI is InChI=1S/C32H27ClN2O4/c1-3-38-30-16-22(15-28(33)31(30)39-20-21-12-13-23-8-4-5-9-24(23)14-21)19-34-35-32(36)27-17-25-10-6-7-11-26(25)18-29(27)37-2/h4-19H,3,20H2,1-2H3,(H,35,36)/b34-19-. The molecule has 0 bridgehead atoms. The third kappa shape index (κ3) is 5.97. The van der Waals surface area contributed by atoms with Crippen molar-refractivity contribution in [1.82, 2.24) is 5.43 Å². The Morgan fingerprint density at radius 3 is 2.26 bits per heavy atom. The Morgan fingerprint density at radius 2 is 1.54 bits per heavy atom. The number of fused-ring (bicyclic) bond motifs is 2. The third-order valence-corrected chi connectivity index (χ3v) is 6.50. The lowest BCUT2D eigenvalue weighted by Gasteiger charge is -2.15. The Bertz CT molecular complexity index is 1680. The molecule has 39 heavy (non-hydrogen) atoms. The number of nitrogens with zero attached hydrogens (tertiary/aromatic N) is 1. The average molecular weight is 539 g/mol. The normalized spacial score (nSPS) is 11.2. The number of amides is 1. The molecule has 0 fully saturated rings. The van der Waals surface area contributed by atoms with Gasteiger partial charge in [-0.3, -0.25) is 4.79 Å². The van der Waals surface area contributed by atoms with Gasteiger partial charge in [0, 0.05) is 0 Å². The molecule has 6 nitrogen and oxygen atoms in total. The minimum atomic E-state index is -0.389. The van der Waals surface area contributed by atoms with E-state index in [0.717, 1.165) is 21.7 Å². The van der Waals surface area contributed by atoms with Gasteiger partial charge in [-0.2, -0.15) is 5.10 Å². The SMILES string of the molecule is CCOc1cc(/C=N\NC(=O)c2cc3ccccc3cc2OC)cc(Cl)c1OCc1ccc2ccccc2c1. The van der Waals surface area contributed by atoms with E-state index in [2.05, 4.69) is 34.8 Å². The van der Waals surface area contributed by atoms with Crippen molar-refractivity contribution in [2.75, 3.05) is 13.7 Å². The summed E-state index contributed by atoms with van der Waals surface area (Å²) in [7, 11) is 1.53. The second-order valence-electron chi connectivity index (χ2n) is 8.83. The predicted octanol–water partition coefficient (Wildman–Crippen LogP) is 7.40. The summed E-state index contributed by atoms with van der Waals surface area (Å²) in [6.07, 6.45) is 1.51. The summed E-state index contributed by atoms with van der Waals surface area (Å²) in [5.41, 5.74) is 4.62. The first-order chi connectivity index (χ1) is 19.1. The van der Waals surface area contributed by atoms with Crippen molar-refractivity contribution in [3.63, 3.8) is 0 Å². The number of hydrogen-bond acceptors (Lipinski definition) is 5. The smallest absolute Gasteiger partial charge is 0.275 e. The number of halogens is 1. The minimum absolute atomic E-state index is 0.335. The summed E-state index contributed by atoms with van der Waals surface area (Å²) >= 11 is 6.59. The molecule has 0 aliphatic rings. The molecular formula is C32H27ClN2O4. The second-order valence-corrected chi connectivity index (χ2v) is 9.24. The molecule has 0 saturated carbocycles. The highest BCUT2D eigenvalue weighted by Gasteiger charge is 2.15.